The highest BCUT2D eigenvalue weighted by Crippen LogP contribution is 2.21. The summed E-state index contributed by atoms with van der Waals surface area (Å²) in [6.07, 6.45) is 1.97. The summed E-state index contributed by atoms with van der Waals surface area (Å²) in [6.45, 7) is 1.25. The molecule has 15 heavy (non-hydrogen) atoms. The van der Waals surface area contributed by atoms with Gasteiger partial charge in [-0.25, -0.2) is 0 Å². The lowest BCUT2D eigenvalue weighted by molar-refractivity contribution is 0.0709. The zero-order valence-electron chi connectivity index (χ0n) is 8.28. The average Bonchev–Trinajstić information content (AvgIpc) is 2.84. The van der Waals surface area contributed by atoms with Gasteiger partial charge in [0, 0.05) is 19.1 Å². The normalized spacial score (nSPS) is 20.9. The minimum atomic E-state index is -0.116. The predicted molar refractivity (Wildman–Crippen MR) is 56.8 cm³/mol. The summed E-state index contributed by atoms with van der Waals surface area (Å²) in [5.74, 6) is 0.176. The van der Waals surface area contributed by atoms with Crippen LogP contribution in [0.5, 0.6) is 0 Å². The summed E-state index contributed by atoms with van der Waals surface area (Å²) >= 11 is 5.62. The van der Waals surface area contributed by atoms with Gasteiger partial charge in [-0.3, -0.25) is 4.79 Å². The molecule has 0 bridgehead atoms. The first kappa shape index (κ1) is 10.5. The summed E-state index contributed by atoms with van der Waals surface area (Å²) in [5.41, 5.74) is 5.59. The third-order valence-electron chi connectivity index (χ3n) is 2.69. The number of amides is 1. The van der Waals surface area contributed by atoms with Crippen LogP contribution < -0.4 is 5.73 Å². The van der Waals surface area contributed by atoms with Gasteiger partial charge in [-0.05, 0) is 36.6 Å². The van der Waals surface area contributed by atoms with E-state index in [1.807, 2.05) is 0 Å². The van der Waals surface area contributed by atoms with Gasteiger partial charge >= 0.3 is 0 Å². The van der Waals surface area contributed by atoms with Crippen LogP contribution in [0.25, 0.3) is 0 Å². The molecule has 4 nitrogen and oxygen atoms in total. The Balaban J connectivity index is 2.13. The van der Waals surface area contributed by atoms with E-state index < -0.39 is 0 Å². The number of furan rings is 1. The van der Waals surface area contributed by atoms with E-state index in [1.54, 1.807) is 17.0 Å². The molecule has 1 aromatic heterocycles. The molecule has 0 aliphatic carbocycles. The Morgan fingerprint density at radius 2 is 2.47 bits per heavy atom. The highest BCUT2D eigenvalue weighted by Gasteiger charge is 2.29. The van der Waals surface area contributed by atoms with E-state index in [-0.39, 0.29) is 17.2 Å². The van der Waals surface area contributed by atoms with Crippen molar-refractivity contribution in [2.45, 2.75) is 18.9 Å². The van der Waals surface area contributed by atoms with Gasteiger partial charge in [0.05, 0.1) is 0 Å². The number of carbonyl (C=O) groups is 1. The molecule has 1 amide bonds. The second-order valence-electron chi connectivity index (χ2n) is 3.63. The van der Waals surface area contributed by atoms with Crippen LogP contribution in [0, 0.1) is 0 Å². The van der Waals surface area contributed by atoms with E-state index in [1.165, 1.54) is 0 Å². The van der Waals surface area contributed by atoms with Crippen LogP contribution in [0.2, 0.25) is 5.22 Å². The van der Waals surface area contributed by atoms with Crippen LogP contribution in [0.15, 0.2) is 16.5 Å². The van der Waals surface area contributed by atoms with E-state index >= 15 is 0 Å². The highest BCUT2D eigenvalue weighted by atomic mass is 35.5. The Hall–Kier alpha value is -1.00. The van der Waals surface area contributed by atoms with Crippen molar-refractivity contribution in [3.05, 3.63) is 23.1 Å². The molecule has 1 fully saturated rings. The van der Waals surface area contributed by atoms with E-state index in [4.69, 9.17) is 21.8 Å². The zero-order chi connectivity index (χ0) is 10.8. The van der Waals surface area contributed by atoms with E-state index in [9.17, 15) is 4.79 Å². The molecule has 1 unspecified atom stereocenters. The summed E-state index contributed by atoms with van der Waals surface area (Å²) < 4.78 is 5.08. The SMILES string of the molecule is NCC1CCCN1C(=O)c1ccc(Cl)o1. The van der Waals surface area contributed by atoms with Crippen LogP contribution in [0.4, 0.5) is 0 Å². The lowest BCUT2D eigenvalue weighted by Gasteiger charge is -2.22. The van der Waals surface area contributed by atoms with Crippen molar-refractivity contribution in [1.29, 1.82) is 0 Å². The Bertz CT molecular complexity index is 364. The molecule has 0 radical (unpaired) electrons. The lowest BCUT2D eigenvalue weighted by atomic mass is 10.2. The largest absolute Gasteiger partial charge is 0.440 e. The fourth-order valence-corrected chi connectivity index (χ4v) is 2.07. The topological polar surface area (TPSA) is 59.5 Å². The minimum Gasteiger partial charge on any atom is -0.440 e. The maximum absolute atomic E-state index is 11.9. The average molecular weight is 229 g/mol. The molecule has 0 spiro atoms. The first-order valence-electron chi connectivity index (χ1n) is 4.98. The second kappa shape index (κ2) is 4.24. The molecule has 1 aliphatic heterocycles. The first-order chi connectivity index (χ1) is 7.22. The third-order valence-corrected chi connectivity index (χ3v) is 2.90. The van der Waals surface area contributed by atoms with Crippen LogP contribution >= 0.6 is 11.6 Å². The van der Waals surface area contributed by atoms with Gasteiger partial charge in [-0.15, -0.1) is 0 Å². The molecule has 5 heteroatoms. The minimum absolute atomic E-state index is 0.116. The van der Waals surface area contributed by atoms with E-state index in [0.717, 1.165) is 19.4 Å². The summed E-state index contributed by atoms with van der Waals surface area (Å²) in [6, 6.07) is 3.31. The Morgan fingerprint density at radius 1 is 1.67 bits per heavy atom. The Morgan fingerprint density at radius 3 is 3.07 bits per heavy atom. The van der Waals surface area contributed by atoms with Crippen LogP contribution in [-0.4, -0.2) is 29.9 Å². The number of nitrogens with zero attached hydrogens (tertiary/aromatic N) is 1. The molecular weight excluding hydrogens is 216 g/mol. The molecule has 1 aliphatic rings. The molecule has 2 rings (SSSR count). The summed E-state index contributed by atoms with van der Waals surface area (Å²) in [7, 11) is 0. The van der Waals surface area contributed by atoms with Crippen molar-refractivity contribution < 1.29 is 9.21 Å². The standard InChI is InChI=1S/C10H13ClN2O2/c11-9-4-3-8(15-9)10(14)13-5-1-2-7(13)6-12/h3-4,7H,1-2,5-6,12H2. The molecule has 0 aromatic carbocycles. The molecule has 1 saturated heterocycles. The van der Waals surface area contributed by atoms with Crippen molar-refractivity contribution in [1.82, 2.24) is 4.90 Å². The Labute approximate surface area is 93.0 Å². The smallest absolute Gasteiger partial charge is 0.289 e. The van der Waals surface area contributed by atoms with Gasteiger partial charge in [0.2, 0.25) is 0 Å². The fraction of sp³-hybridized carbons (Fsp3) is 0.500. The molecular formula is C10H13ClN2O2. The molecule has 1 atom stereocenters. The van der Waals surface area contributed by atoms with Crippen molar-refractivity contribution in [3.63, 3.8) is 0 Å². The molecule has 2 heterocycles. The zero-order valence-corrected chi connectivity index (χ0v) is 9.04. The van der Waals surface area contributed by atoms with Crippen molar-refractivity contribution in [2.24, 2.45) is 5.73 Å². The van der Waals surface area contributed by atoms with Gasteiger partial charge in [0.15, 0.2) is 11.0 Å². The number of hydrogen-bond acceptors (Lipinski definition) is 3. The molecule has 82 valence electrons. The lowest BCUT2D eigenvalue weighted by Crippen LogP contribution is -2.39. The number of likely N-dealkylation sites (tertiary alicyclic amines) is 1. The van der Waals surface area contributed by atoms with Gasteiger partial charge in [-0.2, -0.15) is 0 Å². The number of nitrogens with two attached hydrogens (primary N) is 1. The number of hydrogen-bond donors (Lipinski definition) is 1. The highest BCUT2D eigenvalue weighted by molar-refractivity contribution is 6.29. The monoisotopic (exact) mass is 228 g/mol. The van der Waals surface area contributed by atoms with Crippen molar-refractivity contribution in [3.8, 4) is 0 Å². The van der Waals surface area contributed by atoms with E-state index in [2.05, 4.69) is 0 Å². The van der Waals surface area contributed by atoms with E-state index in [0.29, 0.717) is 12.3 Å². The van der Waals surface area contributed by atoms with Gasteiger partial charge in [0.1, 0.15) is 0 Å². The van der Waals surface area contributed by atoms with Crippen LogP contribution in [-0.2, 0) is 0 Å². The molecule has 2 N–H and O–H groups in total. The van der Waals surface area contributed by atoms with Crippen molar-refractivity contribution in [2.75, 3.05) is 13.1 Å². The van der Waals surface area contributed by atoms with Gasteiger partial charge in [-0.1, -0.05) is 0 Å². The second-order valence-corrected chi connectivity index (χ2v) is 4.01. The summed E-state index contributed by atoms with van der Waals surface area (Å²) in [5, 5.41) is 0.238. The quantitative estimate of drug-likeness (QED) is 0.835. The summed E-state index contributed by atoms with van der Waals surface area (Å²) in [4.78, 5) is 13.7. The predicted octanol–water partition coefficient (Wildman–Crippen LogP) is 1.50. The maximum Gasteiger partial charge on any atom is 0.289 e. The Kier molecular flexibility index (Phi) is 2.98. The number of halogens is 1. The number of carbonyl (C=O) groups excluding carboxylic acids is 1. The fourth-order valence-electron chi connectivity index (χ4n) is 1.92. The third kappa shape index (κ3) is 2.01. The van der Waals surface area contributed by atoms with Gasteiger partial charge < -0.3 is 15.1 Å². The first-order valence-corrected chi connectivity index (χ1v) is 5.36. The van der Waals surface area contributed by atoms with Gasteiger partial charge in [0.25, 0.3) is 5.91 Å². The van der Waals surface area contributed by atoms with Crippen molar-refractivity contribution >= 4 is 17.5 Å². The molecule has 0 saturated carbocycles. The number of rotatable bonds is 2. The maximum atomic E-state index is 11.9. The van der Waals surface area contributed by atoms with Crippen LogP contribution in [0.3, 0.4) is 0 Å². The molecule has 1 aromatic rings. The van der Waals surface area contributed by atoms with Crippen LogP contribution in [0.1, 0.15) is 23.4 Å².